The fraction of sp³-hybridized carbons (Fsp3) is 0.275. The molecule has 0 aliphatic heterocycles. The number of hydrogen-bond acceptors (Lipinski definition) is 4. The van der Waals surface area contributed by atoms with Crippen molar-refractivity contribution in [2.45, 2.75) is 60.6 Å². The summed E-state index contributed by atoms with van der Waals surface area (Å²) >= 11 is 0. The molecule has 47 heavy (non-hydrogen) atoms. The summed E-state index contributed by atoms with van der Waals surface area (Å²) in [5.74, 6) is 0.833. The van der Waals surface area contributed by atoms with Crippen LogP contribution in [0, 0.1) is 31.3 Å². The monoisotopic (exact) mass is 820 g/mol. The van der Waals surface area contributed by atoms with E-state index in [1.165, 1.54) is 11.6 Å². The molecule has 7 aromatic rings. The summed E-state index contributed by atoms with van der Waals surface area (Å²) in [4.78, 5) is 13.5. The van der Waals surface area contributed by atoms with Gasteiger partial charge in [0.05, 0.1) is 36.7 Å². The second-order valence-corrected chi connectivity index (χ2v) is 18.8. The largest absolute Gasteiger partial charge is 0.501 e. The molecule has 4 heterocycles. The van der Waals surface area contributed by atoms with E-state index in [0.717, 1.165) is 49.5 Å². The number of nitrogens with zero attached hydrogens (tertiary/aromatic N) is 4. The molecule has 0 aliphatic carbocycles. The Morgan fingerprint density at radius 3 is 2.45 bits per heavy atom. The van der Waals surface area contributed by atoms with E-state index >= 15 is 0 Å². The van der Waals surface area contributed by atoms with Gasteiger partial charge in [-0.3, -0.25) is 9.97 Å². The van der Waals surface area contributed by atoms with Crippen LogP contribution in [0.25, 0.3) is 55.6 Å². The number of fused-ring (bicyclic) bond motifs is 4. The third-order valence-electron chi connectivity index (χ3n) is 7.81. The summed E-state index contributed by atoms with van der Waals surface area (Å²) in [6, 6.07) is 25.0. The standard InChI is InChI=1S/C20H14N3O.C20H28NSi.Ir/c1-12-6-7-13-14-4-3-5-15(19(14)24-18(13)10-12)20-22-16-8-9-21-11-17(16)23(20)2;1-15-8-10-16(11-9-15)18-12-17(13-20(2,3)4)19(14-21-18)22(5,6)7;/h3-4,6-11H,1-2H3;8-10,12,14H,13H2,1-7H3;/q2*-1;/i;1D3,13D2;. The Hall–Kier alpha value is -3.90. The predicted molar refractivity (Wildman–Crippen MR) is 194 cm³/mol. The first-order valence-electron chi connectivity index (χ1n) is 17.9. The van der Waals surface area contributed by atoms with Crippen LogP contribution in [0.4, 0.5) is 0 Å². The van der Waals surface area contributed by atoms with Crippen molar-refractivity contribution in [2.24, 2.45) is 12.5 Å². The van der Waals surface area contributed by atoms with Gasteiger partial charge in [-0.25, -0.2) is 0 Å². The van der Waals surface area contributed by atoms with E-state index in [2.05, 4.69) is 66.9 Å². The Labute approximate surface area is 299 Å². The number of hydrogen-bond donors (Lipinski definition) is 0. The zero-order valence-corrected chi connectivity index (χ0v) is 31.4. The molecule has 0 aliphatic rings. The van der Waals surface area contributed by atoms with E-state index < -0.39 is 26.7 Å². The van der Waals surface area contributed by atoms with Crippen LogP contribution in [0.5, 0.6) is 0 Å². The van der Waals surface area contributed by atoms with Gasteiger partial charge in [0.1, 0.15) is 5.58 Å². The van der Waals surface area contributed by atoms with E-state index in [1.54, 1.807) is 24.5 Å². The quantitative estimate of drug-likeness (QED) is 0.131. The maximum atomic E-state index is 8.79. The molecule has 4 aromatic heterocycles. The molecule has 0 saturated heterocycles. The van der Waals surface area contributed by atoms with Crippen LogP contribution >= 0.6 is 0 Å². The van der Waals surface area contributed by atoms with Crippen LogP contribution in [0.15, 0.2) is 83.7 Å². The molecule has 243 valence electrons. The minimum absolute atomic E-state index is 0. The Morgan fingerprint density at radius 1 is 0.979 bits per heavy atom. The molecular formula is C40H42IrN4OSi-2. The molecule has 1 radical (unpaired) electrons. The minimum atomic E-state index is -2.17. The van der Waals surface area contributed by atoms with Crippen molar-refractivity contribution in [2.75, 3.05) is 0 Å². The van der Waals surface area contributed by atoms with Crippen molar-refractivity contribution in [1.82, 2.24) is 19.5 Å². The number of furan rings is 1. The number of rotatable bonds is 4. The van der Waals surface area contributed by atoms with E-state index in [1.807, 2.05) is 62.8 Å². The molecule has 0 atom stereocenters. The molecule has 3 aromatic carbocycles. The van der Waals surface area contributed by atoms with Crippen LogP contribution in [0.1, 0.15) is 44.3 Å². The minimum Gasteiger partial charge on any atom is -0.501 e. The molecule has 7 heteroatoms. The third-order valence-corrected chi connectivity index (χ3v) is 9.82. The van der Waals surface area contributed by atoms with Crippen molar-refractivity contribution in [3.63, 3.8) is 0 Å². The van der Waals surface area contributed by atoms with Crippen molar-refractivity contribution in [3.05, 3.63) is 108 Å². The molecule has 0 N–H and O–H groups in total. The Kier molecular flexibility index (Phi) is 7.97. The van der Waals surface area contributed by atoms with Crippen molar-refractivity contribution in [1.29, 1.82) is 0 Å². The predicted octanol–water partition coefficient (Wildman–Crippen LogP) is 9.63. The van der Waals surface area contributed by atoms with Crippen molar-refractivity contribution >= 4 is 46.2 Å². The van der Waals surface area contributed by atoms with E-state index in [0.29, 0.717) is 16.8 Å². The smallest absolute Gasteiger partial charge is 0.121 e. The van der Waals surface area contributed by atoms with Gasteiger partial charge in [-0.05, 0) is 47.3 Å². The fourth-order valence-corrected chi connectivity index (χ4v) is 6.96. The second kappa shape index (κ2) is 13.3. The molecule has 7 rings (SSSR count). The maximum Gasteiger partial charge on any atom is 0.121 e. The summed E-state index contributed by atoms with van der Waals surface area (Å²) in [6.45, 7) is 12.2. The van der Waals surface area contributed by atoms with Crippen LogP contribution in [-0.4, -0.2) is 27.6 Å². The van der Waals surface area contributed by atoms with Gasteiger partial charge < -0.3 is 14.0 Å². The summed E-state index contributed by atoms with van der Waals surface area (Å²) in [6.07, 6.45) is 3.85. The number of pyridine rings is 2. The zero-order chi connectivity index (χ0) is 37.1. The summed E-state index contributed by atoms with van der Waals surface area (Å²) in [7, 11) is 0.181. The number of aryl methyl sites for hydroxylation is 3. The zero-order valence-electron chi connectivity index (χ0n) is 33.0. The molecule has 0 unspecified atom stereocenters. The van der Waals surface area contributed by atoms with Gasteiger partial charge in [0, 0.05) is 51.8 Å². The van der Waals surface area contributed by atoms with Crippen molar-refractivity contribution in [3.8, 4) is 22.6 Å². The van der Waals surface area contributed by atoms with E-state index in [9.17, 15) is 0 Å². The van der Waals surface area contributed by atoms with Crippen LogP contribution in [0.3, 0.4) is 0 Å². The van der Waals surface area contributed by atoms with Gasteiger partial charge in [0.15, 0.2) is 0 Å². The van der Waals surface area contributed by atoms with Gasteiger partial charge in [-0.15, -0.1) is 53.6 Å². The number of aromatic nitrogens is 4. The topological polar surface area (TPSA) is 56.7 Å². The van der Waals surface area contributed by atoms with Gasteiger partial charge in [0.2, 0.25) is 0 Å². The molecule has 0 bridgehead atoms. The van der Waals surface area contributed by atoms with Crippen LogP contribution in [-0.2, 0) is 33.5 Å². The first-order chi connectivity index (χ1) is 23.8. The van der Waals surface area contributed by atoms with Crippen LogP contribution < -0.4 is 5.19 Å². The summed E-state index contributed by atoms with van der Waals surface area (Å²) in [5, 5.41) is 3.21. The van der Waals surface area contributed by atoms with Gasteiger partial charge in [-0.2, -0.15) is 0 Å². The Bertz CT molecular complexity index is 2390. The first kappa shape index (κ1) is 28.1. The SMILES string of the molecule is Cc1ccc2c(c1)oc1c(-c3nc4ccncc4n3C)[c-]ccc12.[2H]C([2H])([2H])c1c[c-]c(-c2cc(C([2H])([2H])C(C)(C)C)c([Si](C)(C)C)cn2)cc1.[Ir]. The van der Waals surface area contributed by atoms with Crippen molar-refractivity contribution < 1.29 is 31.4 Å². The van der Waals surface area contributed by atoms with Gasteiger partial charge in [-0.1, -0.05) is 82.0 Å². The summed E-state index contributed by atoms with van der Waals surface area (Å²) < 4.78 is 48.2. The molecule has 5 nitrogen and oxygen atoms in total. The first-order valence-corrected chi connectivity index (χ1v) is 18.9. The molecule has 0 fully saturated rings. The molecule has 0 spiro atoms. The van der Waals surface area contributed by atoms with Gasteiger partial charge in [0.25, 0.3) is 0 Å². The van der Waals surface area contributed by atoms with E-state index in [4.69, 9.17) is 16.3 Å². The van der Waals surface area contributed by atoms with E-state index in [-0.39, 0.29) is 25.7 Å². The molecule has 0 saturated carbocycles. The summed E-state index contributed by atoms with van der Waals surface area (Å²) in [5.41, 5.74) is 7.28. The Balaban J connectivity index is 0.000000198. The van der Waals surface area contributed by atoms with Gasteiger partial charge >= 0.3 is 0 Å². The van der Waals surface area contributed by atoms with Crippen LogP contribution in [0.2, 0.25) is 19.6 Å². The molecular weight excluding hydrogens is 773 g/mol. The average molecular weight is 820 g/mol. The second-order valence-electron chi connectivity index (χ2n) is 13.8. The fourth-order valence-electron chi connectivity index (χ4n) is 5.57. The average Bonchev–Trinajstić information content (AvgIpc) is 3.60. The molecule has 0 amide bonds. The third kappa shape index (κ3) is 7.33. The maximum absolute atomic E-state index is 8.79. The number of benzene rings is 3. The number of imidazole rings is 1. The Morgan fingerprint density at radius 2 is 1.77 bits per heavy atom. The normalized spacial score (nSPS) is 14.0.